The standard InChI is InChI=1S/C19H17N3O4S/c1-25-15-10-6-5-9-14(15)22-16(11-17(23)21-18(22)27)20-19(24)26-12-13-7-3-2-4-8-13/h2-11H,12H2,1H3,(H,20,24)(H,21,23,27). The summed E-state index contributed by atoms with van der Waals surface area (Å²) in [5.41, 5.74) is 0.976. The molecular formula is C19H17N3O4S. The van der Waals surface area contributed by atoms with E-state index in [0.717, 1.165) is 5.56 Å². The quantitative estimate of drug-likeness (QED) is 0.657. The largest absolute Gasteiger partial charge is 0.495 e. The topological polar surface area (TPSA) is 85.3 Å². The van der Waals surface area contributed by atoms with Crippen LogP contribution >= 0.6 is 12.2 Å². The van der Waals surface area contributed by atoms with Gasteiger partial charge in [0.05, 0.1) is 12.8 Å². The Kier molecular flexibility index (Phi) is 5.68. The van der Waals surface area contributed by atoms with E-state index in [2.05, 4.69) is 10.3 Å². The highest BCUT2D eigenvalue weighted by Gasteiger charge is 2.14. The third-order valence-corrected chi connectivity index (χ3v) is 4.00. The molecule has 3 rings (SSSR count). The molecule has 2 aromatic carbocycles. The van der Waals surface area contributed by atoms with Crippen LogP contribution in [0.5, 0.6) is 5.75 Å². The smallest absolute Gasteiger partial charge is 0.413 e. The van der Waals surface area contributed by atoms with E-state index in [0.29, 0.717) is 11.4 Å². The minimum atomic E-state index is -0.706. The zero-order chi connectivity index (χ0) is 19.2. The molecule has 0 radical (unpaired) electrons. The zero-order valence-corrected chi connectivity index (χ0v) is 15.3. The highest BCUT2D eigenvalue weighted by Crippen LogP contribution is 2.25. The molecule has 27 heavy (non-hydrogen) atoms. The van der Waals surface area contributed by atoms with Crippen molar-refractivity contribution in [2.45, 2.75) is 6.61 Å². The molecule has 0 unspecified atom stereocenters. The van der Waals surface area contributed by atoms with Gasteiger partial charge >= 0.3 is 6.09 Å². The molecule has 0 saturated heterocycles. The zero-order valence-electron chi connectivity index (χ0n) is 14.5. The lowest BCUT2D eigenvalue weighted by molar-refractivity contribution is 0.155. The number of benzene rings is 2. The molecule has 0 aliphatic heterocycles. The normalized spacial score (nSPS) is 10.3. The fourth-order valence-electron chi connectivity index (χ4n) is 2.50. The van der Waals surface area contributed by atoms with E-state index >= 15 is 0 Å². The van der Waals surface area contributed by atoms with Crippen LogP contribution < -0.4 is 15.6 Å². The molecule has 0 spiro atoms. The molecule has 1 heterocycles. The molecule has 3 aromatic rings. The highest BCUT2D eigenvalue weighted by molar-refractivity contribution is 7.71. The summed E-state index contributed by atoms with van der Waals surface area (Å²) < 4.78 is 12.2. The number of para-hydroxylation sites is 2. The second-order valence-electron chi connectivity index (χ2n) is 5.52. The Morgan fingerprint density at radius 2 is 1.85 bits per heavy atom. The summed E-state index contributed by atoms with van der Waals surface area (Å²) in [5.74, 6) is 0.702. The molecule has 2 N–H and O–H groups in total. The van der Waals surface area contributed by atoms with Gasteiger partial charge in [-0.1, -0.05) is 42.5 Å². The van der Waals surface area contributed by atoms with Gasteiger partial charge in [-0.05, 0) is 29.9 Å². The number of anilines is 1. The number of carbonyl (C=O) groups is 1. The van der Waals surface area contributed by atoms with E-state index in [4.69, 9.17) is 21.7 Å². The number of nitrogens with zero attached hydrogens (tertiary/aromatic N) is 1. The lowest BCUT2D eigenvalue weighted by Gasteiger charge is -2.16. The van der Waals surface area contributed by atoms with Gasteiger partial charge in [-0.15, -0.1) is 0 Å². The van der Waals surface area contributed by atoms with Crippen molar-refractivity contribution < 1.29 is 14.3 Å². The van der Waals surface area contributed by atoms with Crippen LogP contribution in [-0.4, -0.2) is 22.8 Å². The van der Waals surface area contributed by atoms with Gasteiger partial charge in [0.1, 0.15) is 18.2 Å². The Labute approximate surface area is 160 Å². The summed E-state index contributed by atoms with van der Waals surface area (Å²) in [6, 6.07) is 17.6. The summed E-state index contributed by atoms with van der Waals surface area (Å²) in [6.07, 6.45) is -0.706. The number of rotatable bonds is 5. The molecule has 7 nitrogen and oxygen atoms in total. The number of nitrogens with one attached hydrogen (secondary N) is 2. The van der Waals surface area contributed by atoms with Crippen LogP contribution in [0.2, 0.25) is 0 Å². The van der Waals surface area contributed by atoms with Gasteiger partial charge in [0.2, 0.25) is 0 Å². The van der Waals surface area contributed by atoms with Crippen molar-refractivity contribution in [3.63, 3.8) is 0 Å². The monoisotopic (exact) mass is 383 g/mol. The number of methoxy groups -OCH3 is 1. The molecule has 138 valence electrons. The van der Waals surface area contributed by atoms with E-state index in [-0.39, 0.29) is 17.2 Å². The molecule has 1 aromatic heterocycles. The van der Waals surface area contributed by atoms with Crippen LogP contribution in [0.3, 0.4) is 0 Å². The fraction of sp³-hybridized carbons (Fsp3) is 0.105. The molecule has 8 heteroatoms. The van der Waals surface area contributed by atoms with Gasteiger partial charge in [-0.25, -0.2) is 4.79 Å². The molecule has 0 saturated carbocycles. The van der Waals surface area contributed by atoms with Crippen LogP contribution in [0.25, 0.3) is 5.69 Å². The van der Waals surface area contributed by atoms with Gasteiger partial charge in [-0.3, -0.25) is 19.7 Å². The first-order valence-electron chi connectivity index (χ1n) is 8.06. The lowest BCUT2D eigenvalue weighted by Crippen LogP contribution is -2.21. The molecule has 1 amide bonds. The van der Waals surface area contributed by atoms with Gasteiger partial charge < -0.3 is 9.47 Å². The Hall–Kier alpha value is -3.39. The second kappa shape index (κ2) is 8.33. The van der Waals surface area contributed by atoms with Gasteiger partial charge in [0.25, 0.3) is 5.56 Å². The van der Waals surface area contributed by atoms with Crippen molar-refractivity contribution in [3.05, 3.63) is 81.4 Å². The number of ether oxygens (including phenoxy) is 2. The molecular weight excluding hydrogens is 366 g/mol. The van der Waals surface area contributed by atoms with Crippen LogP contribution in [0.1, 0.15) is 5.56 Å². The Bertz CT molecular complexity index is 1060. The Morgan fingerprint density at radius 3 is 2.59 bits per heavy atom. The van der Waals surface area contributed by atoms with Gasteiger partial charge in [0, 0.05) is 6.07 Å². The summed E-state index contributed by atoms with van der Waals surface area (Å²) >= 11 is 5.27. The van der Waals surface area contributed by atoms with Crippen molar-refractivity contribution in [2.24, 2.45) is 0 Å². The lowest BCUT2D eigenvalue weighted by atomic mass is 10.2. The minimum absolute atomic E-state index is 0.102. The third kappa shape index (κ3) is 4.42. The Balaban J connectivity index is 1.90. The maximum Gasteiger partial charge on any atom is 0.413 e. The van der Waals surface area contributed by atoms with Crippen molar-refractivity contribution in [1.82, 2.24) is 9.55 Å². The maximum absolute atomic E-state index is 12.2. The molecule has 0 atom stereocenters. The van der Waals surface area contributed by atoms with Crippen molar-refractivity contribution in [3.8, 4) is 11.4 Å². The number of aromatic nitrogens is 2. The molecule has 0 fully saturated rings. The minimum Gasteiger partial charge on any atom is -0.495 e. The average molecular weight is 383 g/mol. The SMILES string of the molecule is COc1ccccc1-n1c(NC(=O)OCc2ccccc2)cc(=O)[nH]c1=S. The number of hydrogen-bond acceptors (Lipinski definition) is 5. The average Bonchev–Trinajstić information content (AvgIpc) is 2.67. The first-order valence-corrected chi connectivity index (χ1v) is 8.47. The highest BCUT2D eigenvalue weighted by atomic mass is 32.1. The molecule has 0 aliphatic rings. The van der Waals surface area contributed by atoms with Crippen LogP contribution in [0.15, 0.2) is 65.5 Å². The number of H-pyrrole nitrogens is 1. The van der Waals surface area contributed by atoms with Crippen LogP contribution in [0, 0.1) is 4.77 Å². The van der Waals surface area contributed by atoms with Crippen molar-refractivity contribution >= 4 is 24.1 Å². The fourth-order valence-corrected chi connectivity index (χ4v) is 2.80. The molecule has 0 aliphatic carbocycles. The maximum atomic E-state index is 12.2. The first-order chi connectivity index (χ1) is 13.1. The summed E-state index contributed by atoms with van der Waals surface area (Å²) in [7, 11) is 1.52. The number of hydrogen-bond donors (Lipinski definition) is 2. The summed E-state index contributed by atoms with van der Waals surface area (Å²) in [4.78, 5) is 26.6. The molecule has 0 bridgehead atoms. The van der Waals surface area contributed by atoms with Crippen molar-refractivity contribution in [1.29, 1.82) is 0 Å². The van der Waals surface area contributed by atoms with Gasteiger partial charge in [-0.2, -0.15) is 0 Å². The predicted molar refractivity (Wildman–Crippen MR) is 104 cm³/mol. The summed E-state index contributed by atoms with van der Waals surface area (Å²) in [6.45, 7) is 0.102. The van der Waals surface area contributed by atoms with Gasteiger partial charge in [0.15, 0.2) is 4.77 Å². The van der Waals surface area contributed by atoms with E-state index in [1.54, 1.807) is 24.3 Å². The summed E-state index contributed by atoms with van der Waals surface area (Å²) in [5, 5.41) is 2.57. The number of carbonyl (C=O) groups excluding carboxylic acids is 1. The van der Waals surface area contributed by atoms with E-state index in [1.165, 1.54) is 17.7 Å². The number of aromatic amines is 1. The second-order valence-corrected chi connectivity index (χ2v) is 5.90. The Morgan fingerprint density at radius 1 is 1.15 bits per heavy atom. The third-order valence-electron chi connectivity index (χ3n) is 3.71. The van der Waals surface area contributed by atoms with Crippen molar-refractivity contribution in [2.75, 3.05) is 12.4 Å². The van der Waals surface area contributed by atoms with E-state index < -0.39 is 11.7 Å². The van der Waals surface area contributed by atoms with Crippen LogP contribution in [0.4, 0.5) is 10.6 Å². The van der Waals surface area contributed by atoms with Crippen LogP contribution in [-0.2, 0) is 11.3 Å². The predicted octanol–water partition coefficient (Wildman–Crippen LogP) is 3.65. The first kappa shape index (κ1) is 18.4. The number of amides is 1. The van der Waals surface area contributed by atoms with E-state index in [9.17, 15) is 9.59 Å². The van der Waals surface area contributed by atoms with E-state index in [1.807, 2.05) is 30.3 Å².